The van der Waals surface area contributed by atoms with Crippen molar-refractivity contribution >= 4 is 65.3 Å². The van der Waals surface area contributed by atoms with Crippen LogP contribution in [0.25, 0.3) is 117 Å². The highest BCUT2D eigenvalue weighted by Gasteiger charge is 2.19. The zero-order chi connectivity index (χ0) is 38.2. The number of imidazole rings is 1. The van der Waals surface area contributed by atoms with Gasteiger partial charge in [0.2, 0.25) is 0 Å². The molecule has 0 spiro atoms. The molecule has 6 nitrogen and oxygen atoms in total. The topological polar surface area (TPSA) is 69.6 Å². The molecule has 0 bridgehead atoms. The van der Waals surface area contributed by atoms with Crippen LogP contribution in [0.5, 0.6) is 0 Å². The van der Waals surface area contributed by atoms with Gasteiger partial charge in [0.15, 0.2) is 17.5 Å². The number of rotatable bonds is 5. The predicted molar refractivity (Wildman–Crippen MR) is 236 cm³/mol. The third-order valence-corrected chi connectivity index (χ3v) is 11.2. The number of hydrogen-bond donors (Lipinski definition) is 0. The van der Waals surface area contributed by atoms with E-state index < -0.39 is 0 Å². The smallest absolute Gasteiger partial charge is 0.164 e. The summed E-state index contributed by atoms with van der Waals surface area (Å²) in [7, 11) is 0. The lowest BCUT2D eigenvalue weighted by molar-refractivity contribution is 0.669. The van der Waals surface area contributed by atoms with Gasteiger partial charge in [-0.05, 0) is 93.0 Å². The maximum Gasteiger partial charge on any atom is 0.164 e. The lowest BCUT2D eigenvalue weighted by atomic mass is 9.93. The van der Waals surface area contributed by atoms with Crippen molar-refractivity contribution in [2.45, 2.75) is 0 Å². The minimum atomic E-state index is 0.574. The predicted octanol–water partition coefficient (Wildman–Crippen LogP) is 13.2. The van der Waals surface area contributed by atoms with Crippen LogP contribution in [-0.2, 0) is 0 Å². The molecule has 0 saturated heterocycles. The fraction of sp³-hybridized carbons (Fsp3) is 0. The molecule has 0 amide bonds. The van der Waals surface area contributed by atoms with Gasteiger partial charge in [-0.3, -0.25) is 4.57 Å². The molecular formula is C52H31N5O. The van der Waals surface area contributed by atoms with Gasteiger partial charge < -0.3 is 4.42 Å². The summed E-state index contributed by atoms with van der Waals surface area (Å²) < 4.78 is 8.41. The molecule has 12 rings (SSSR count). The van der Waals surface area contributed by atoms with E-state index in [2.05, 4.69) is 150 Å². The van der Waals surface area contributed by atoms with Gasteiger partial charge in [-0.2, -0.15) is 0 Å². The average molecular weight is 742 g/mol. The van der Waals surface area contributed by atoms with Crippen LogP contribution >= 0.6 is 0 Å². The van der Waals surface area contributed by atoms with Crippen molar-refractivity contribution in [2.75, 3.05) is 0 Å². The summed E-state index contributed by atoms with van der Waals surface area (Å²) in [4.78, 5) is 20.8. The zero-order valence-electron chi connectivity index (χ0n) is 31.0. The van der Waals surface area contributed by atoms with Gasteiger partial charge in [-0.25, -0.2) is 19.9 Å². The van der Waals surface area contributed by atoms with E-state index in [0.29, 0.717) is 17.5 Å². The number of para-hydroxylation sites is 4. The Hall–Kier alpha value is -7.96. The average Bonchev–Trinajstić information content (AvgIpc) is 3.88. The first-order valence-electron chi connectivity index (χ1n) is 19.4. The van der Waals surface area contributed by atoms with Crippen LogP contribution in [0.15, 0.2) is 192 Å². The highest BCUT2D eigenvalue weighted by atomic mass is 16.3. The van der Waals surface area contributed by atoms with E-state index in [1.54, 1.807) is 0 Å². The van der Waals surface area contributed by atoms with Crippen LogP contribution in [0.1, 0.15) is 0 Å². The molecule has 12 aromatic rings. The summed E-state index contributed by atoms with van der Waals surface area (Å²) in [6, 6.07) is 65.1. The first-order valence-corrected chi connectivity index (χ1v) is 19.4. The molecule has 0 N–H and O–H groups in total. The Morgan fingerprint density at radius 1 is 0.328 bits per heavy atom. The van der Waals surface area contributed by atoms with Crippen molar-refractivity contribution in [1.82, 2.24) is 24.5 Å². The van der Waals surface area contributed by atoms with Crippen LogP contribution in [0.2, 0.25) is 0 Å². The molecule has 0 atom stereocenters. The van der Waals surface area contributed by atoms with Crippen molar-refractivity contribution in [2.24, 2.45) is 0 Å². The Kier molecular flexibility index (Phi) is 7.13. The Labute approximate surface area is 332 Å². The first kappa shape index (κ1) is 32.3. The fourth-order valence-electron chi connectivity index (χ4n) is 8.53. The number of furan rings is 1. The van der Waals surface area contributed by atoms with Crippen LogP contribution in [-0.4, -0.2) is 24.5 Å². The number of fused-ring (bicyclic) bond motifs is 10. The molecule has 58 heavy (non-hydrogen) atoms. The molecule has 3 heterocycles. The third-order valence-electron chi connectivity index (χ3n) is 11.2. The van der Waals surface area contributed by atoms with E-state index >= 15 is 0 Å². The van der Waals surface area contributed by atoms with E-state index in [1.807, 2.05) is 42.5 Å². The second kappa shape index (κ2) is 12.8. The molecule has 0 radical (unpaired) electrons. The molecule has 0 aliphatic heterocycles. The summed E-state index contributed by atoms with van der Waals surface area (Å²) >= 11 is 0. The molecular weight excluding hydrogens is 711 g/mol. The summed E-state index contributed by atoms with van der Waals surface area (Å²) in [5.74, 6) is 2.59. The van der Waals surface area contributed by atoms with E-state index in [9.17, 15) is 0 Å². The summed E-state index contributed by atoms with van der Waals surface area (Å²) in [6.45, 7) is 0. The number of nitrogens with zero attached hydrogens (tertiary/aromatic N) is 5. The van der Waals surface area contributed by atoms with Gasteiger partial charge in [-0.1, -0.05) is 127 Å². The van der Waals surface area contributed by atoms with E-state index in [1.165, 1.54) is 26.9 Å². The van der Waals surface area contributed by atoms with Gasteiger partial charge in [0.05, 0.1) is 11.0 Å². The number of benzene rings is 9. The quantitative estimate of drug-likeness (QED) is 0.164. The number of hydrogen-bond acceptors (Lipinski definition) is 5. The lowest BCUT2D eigenvalue weighted by Gasteiger charge is -2.13. The van der Waals surface area contributed by atoms with Gasteiger partial charge in [-0.15, -0.1) is 0 Å². The van der Waals surface area contributed by atoms with Crippen LogP contribution in [0.3, 0.4) is 0 Å². The molecule has 3 aromatic heterocycles. The fourth-order valence-corrected chi connectivity index (χ4v) is 8.53. The Morgan fingerprint density at radius 2 is 0.845 bits per heavy atom. The Balaban J connectivity index is 1.08. The maximum absolute atomic E-state index is 6.19. The number of aromatic nitrogens is 5. The van der Waals surface area contributed by atoms with E-state index in [-0.39, 0.29) is 0 Å². The minimum absolute atomic E-state index is 0.574. The van der Waals surface area contributed by atoms with Gasteiger partial charge in [0.1, 0.15) is 17.0 Å². The van der Waals surface area contributed by atoms with Crippen molar-refractivity contribution in [3.8, 4) is 51.2 Å². The van der Waals surface area contributed by atoms with Crippen molar-refractivity contribution in [3.63, 3.8) is 0 Å². The minimum Gasteiger partial charge on any atom is -0.456 e. The molecule has 0 saturated carbocycles. The molecule has 270 valence electrons. The molecule has 0 aliphatic carbocycles. The van der Waals surface area contributed by atoms with Gasteiger partial charge in [0.25, 0.3) is 0 Å². The molecule has 0 fully saturated rings. The third kappa shape index (κ3) is 5.12. The largest absolute Gasteiger partial charge is 0.456 e. The molecule has 0 aliphatic rings. The summed E-state index contributed by atoms with van der Waals surface area (Å²) in [6.07, 6.45) is 0. The van der Waals surface area contributed by atoms with E-state index in [0.717, 1.165) is 72.1 Å². The summed E-state index contributed by atoms with van der Waals surface area (Å²) in [5.41, 5.74) is 8.28. The standard InChI is InChI=1S/C52H31N5O/c1-2-15-36(16-3-1)57-46-23-10-9-22-45(46)53-52(57)35-14-12-13-32(29-35)49-54-50(56-51(55-49)34-26-28-48-44(31-34)42-21-8-11-24-47(42)58-48)33-25-27-41-39-19-5-4-17-37(39)38-18-6-7-20-40(38)43(41)30-33/h1-31H. The normalized spacial score (nSPS) is 11.8. The molecule has 6 heteroatoms. The van der Waals surface area contributed by atoms with Gasteiger partial charge >= 0.3 is 0 Å². The van der Waals surface area contributed by atoms with Crippen LogP contribution in [0.4, 0.5) is 0 Å². The zero-order valence-corrected chi connectivity index (χ0v) is 31.0. The molecule has 9 aromatic carbocycles. The molecule has 0 unspecified atom stereocenters. The van der Waals surface area contributed by atoms with Crippen molar-refractivity contribution < 1.29 is 4.42 Å². The lowest BCUT2D eigenvalue weighted by Crippen LogP contribution is -2.01. The Morgan fingerprint density at radius 3 is 1.57 bits per heavy atom. The van der Waals surface area contributed by atoms with Crippen LogP contribution < -0.4 is 0 Å². The van der Waals surface area contributed by atoms with Gasteiger partial charge in [0, 0.05) is 38.7 Å². The van der Waals surface area contributed by atoms with Crippen molar-refractivity contribution in [1.29, 1.82) is 0 Å². The second-order valence-corrected chi connectivity index (χ2v) is 14.6. The van der Waals surface area contributed by atoms with Crippen molar-refractivity contribution in [3.05, 3.63) is 188 Å². The summed E-state index contributed by atoms with van der Waals surface area (Å²) in [5, 5.41) is 9.29. The first-order chi connectivity index (χ1) is 28.7. The second-order valence-electron chi connectivity index (χ2n) is 14.6. The highest BCUT2D eigenvalue weighted by Crippen LogP contribution is 2.38. The van der Waals surface area contributed by atoms with E-state index in [4.69, 9.17) is 24.4 Å². The monoisotopic (exact) mass is 741 g/mol. The SMILES string of the molecule is c1ccc(-n2c(-c3cccc(-c4nc(-c5ccc6oc7ccccc7c6c5)nc(-c5ccc6c7ccccc7c7ccccc7c6c5)n4)c3)nc3ccccc32)cc1. The Bertz CT molecular complexity index is 3550. The maximum atomic E-state index is 6.19. The van der Waals surface area contributed by atoms with Crippen LogP contribution in [0, 0.1) is 0 Å². The highest BCUT2D eigenvalue weighted by molar-refractivity contribution is 6.25.